The van der Waals surface area contributed by atoms with E-state index in [0.717, 1.165) is 6.42 Å². The number of aliphatic imine (C=N–C) groups is 2. The van der Waals surface area contributed by atoms with Crippen LogP contribution in [0, 0.1) is 0 Å². The lowest BCUT2D eigenvalue weighted by molar-refractivity contribution is -0.124. The minimum absolute atomic E-state index is 0.252. The second kappa shape index (κ2) is 7.28. The van der Waals surface area contributed by atoms with Gasteiger partial charge < -0.3 is 22.9 Å². The van der Waals surface area contributed by atoms with Crippen molar-refractivity contribution in [2.75, 3.05) is 0 Å². The number of carbonyl (C=O) groups excluding carboxylic acids is 1. The van der Waals surface area contributed by atoms with Crippen molar-refractivity contribution in [2.45, 2.75) is 31.8 Å². The molecule has 0 amide bonds. The largest absolute Gasteiger partial charge is 0.370 e. The summed E-state index contributed by atoms with van der Waals surface area (Å²) < 4.78 is 0. The van der Waals surface area contributed by atoms with E-state index in [1.165, 1.54) is 0 Å². The third-order valence-electron chi connectivity index (χ3n) is 2.90. The van der Waals surface area contributed by atoms with Crippen LogP contribution in [-0.2, 0) is 10.5 Å². The van der Waals surface area contributed by atoms with Crippen LogP contribution in [0.25, 0.3) is 0 Å². The van der Waals surface area contributed by atoms with Gasteiger partial charge in [-0.1, -0.05) is 43.7 Å². The van der Waals surface area contributed by atoms with Gasteiger partial charge in [0.25, 0.3) is 0 Å². The van der Waals surface area contributed by atoms with Gasteiger partial charge in [-0.2, -0.15) is 0 Å². The number of hydrogen-bond acceptors (Lipinski definition) is 3. The highest BCUT2D eigenvalue weighted by molar-refractivity contribution is 5.94. The maximum absolute atomic E-state index is 12.7. The predicted octanol–water partition coefficient (Wildman–Crippen LogP) is 0.146. The molecule has 1 rings (SSSR count). The first-order valence-corrected chi connectivity index (χ1v) is 6.72. The van der Waals surface area contributed by atoms with E-state index in [4.69, 9.17) is 22.9 Å². The van der Waals surface area contributed by atoms with Crippen molar-refractivity contribution < 1.29 is 4.79 Å². The van der Waals surface area contributed by atoms with Gasteiger partial charge in [0.2, 0.25) is 5.66 Å². The Balaban J connectivity index is 3.46. The molecule has 7 nitrogen and oxygen atoms in total. The van der Waals surface area contributed by atoms with Crippen molar-refractivity contribution in [3.05, 3.63) is 35.9 Å². The predicted molar refractivity (Wildman–Crippen MR) is 84.3 cm³/mol. The van der Waals surface area contributed by atoms with Crippen LogP contribution in [0.3, 0.4) is 0 Å². The molecule has 1 aromatic carbocycles. The van der Waals surface area contributed by atoms with E-state index in [9.17, 15) is 4.79 Å². The van der Waals surface area contributed by atoms with Gasteiger partial charge in [-0.05, 0) is 6.42 Å². The van der Waals surface area contributed by atoms with Crippen molar-refractivity contribution >= 4 is 17.7 Å². The number of nitrogens with two attached hydrogens (primary N) is 4. The van der Waals surface area contributed by atoms with Crippen molar-refractivity contribution in [1.82, 2.24) is 0 Å². The number of unbranched alkanes of at least 4 members (excludes halogenated alkanes) is 1. The minimum Gasteiger partial charge on any atom is -0.370 e. The second-order valence-corrected chi connectivity index (χ2v) is 4.64. The maximum atomic E-state index is 12.7. The Morgan fingerprint density at radius 2 is 1.57 bits per heavy atom. The quantitative estimate of drug-likeness (QED) is 0.417. The van der Waals surface area contributed by atoms with E-state index >= 15 is 0 Å². The van der Waals surface area contributed by atoms with E-state index in [1.54, 1.807) is 24.3 Å². The van der Waals surface area contributed by atoms with Crippen LogP contribution in [-0.4, -0.2) is 17.7 Å². The second-order valence-electron chi connectivity index (χ2n) is 4.64. The Hall–Kier alpha value is -2.57. The molecule has 0 aliphatic heterocycles. The molecule has 0 aliphatic rings. The van der Waals surface area contributed by atoms with Gasteiger partial charge in [0.15, 0.2) is 17.7 Å². The van der Waals surface area contributed by atoms with Gasteiger partial charge in [-0.25, -0.2) is 9.98 Å². The summed E-state index contributed by atoms with van der Waals surface area (Å²) in [7, 11) is 0. The fourth-order valence-electron chi connectivity index (χ4n) is 2.00. The lowest BCUT2D eigenvalue weighted by Gasteiger charge is -2.25. The Morgan fingerprint density at radius 3 is 2.00 bits per heavy atom. The Labute approximate surface area is 124 Å². The number of rotatable bonds is 7. The summed E-state index contributed by atoms with van der Waals surface area (Å²) in [5, 5.41) is 0. The molecule has 0 atom stereocenters. The molecule has 0 unspecified atom stereocenters. The van der Waals surface area contributed by atoms with Gasteiger partial charge in [0, 0.05) is 12.0 Å². The molecular weight excluding hydrogens is 268 g/mol. The number of benzene rings is 1. The summed E-state index contributed by atoms with van der Waals surface area (Å²) in [4.78, 5) is 20.8. The summed E-state index contributed by atoms with van der Waals surface area (Å²) >= 11 is 0. The monoisotopic (exact) mass is 290 g/mol. The molecule has 0 saturated carbocycles. The van der Waals surface area contributed by atoms with Crippen LogP contribution in [0.4, 0.5) is 0 Å². The molecule has 0 bridgehead atoms. The average molecular weight is 290 g/mol. The maximum Gasteiger partial charge on any atom is 0.241 e. The zero-order valence-electron chi connectivity index (χ0n) is 12.1. The van der Waals surface area contributed by atoms with E-state index in [-0.39, 0.29) is 24.1 Å². The van der Waals surface area contributed by atoms with Crippen LogP contribution in [0.15, 0.2) is 40.3 Å². The van der Waals surface area contributed by atoms with E-state index < -0.39 is 5.66 Å². The van der Waals surface area contributed by atoms with Gasteiger partial charge in [0.05, 0.1) is 0 Å². The zero-order chi connectivity index (χ0) is 15.9. The van der Waals surface area contributed by atoms with Crippen molar-refractivity contribution in [2.24, 2.45) is 32.9 Å². The smallest absolute Gasteiger partial charge is 0.241 e. The highest BCUT2D eigenvalue weighted by atomic mass is 16.1. The summed E-state index contributed by atoms with van der Waals surface area (Å²) in [6, 6.07) is 8.77. The number of Topliss-reactive ketones (excluding diaryl/α,β-unsaturated/α-hetero) is 1. The Kier molecular flexibility index (Phi) is 5.71. The molecule has 0 radical (unpaired) electrons. The molecule has 1 aromatic rings. The van der Waals surface area contributed by atoms with Crippen LogP contribution in [0.5, 0.6) is 0 Å². The molecular formula is C14H22N6O. The van der Waals surface area contributed by atoms with Crippen LogP contribution >= 0.6 is 0 Å². The van der Waals surface area contributed by atoms with E-state index in [0.29, 0.717) is 12.0 Å². The Morgan fingerprint density at radius 1 is 1.05 bits per heavy atom. The van der Waals surface area contributed by atoms with Gasteiger partial charge in [-0.15, -0.1) is 0 Å². The van der Waals surface area contributed by atoms with Crippen molar-refractivity contribution in [3.8, 4) is 0 Å². The molecule has 114 valence electrons. The number of ketones is 1. The van der Waals surface area contributed by atoms with Gasteiger partial charge in [-0.3, -0.25) is 4.79 Å². The molecule has 7 heteroatoms. The standard InChI is InChI=1S/C14H22N6O/c1-2-3-9-11(21)14(19-12(15)16,20-13(17)18)10-7-5-4-6-8-10/h4-8H,2-3,9H2,1H3,(H4,15,16,19)(H4,17,18,20). The molecule has 0 spiro atoms. The Bertz CT molecular complexity index is 512. The fraction of sp³-hybridized carbons (Fsp3) is 0.357. The summed E-state index contributed by atoms with van der Waals surface area (Å²) in [5.74, 6) is -0.764. The molecule has 21 heavy (non-hydrogen) atoms. The number of hydrogen-bond donors (Lipinski definition) is 4. The van der Waals surface area contributed by atoms with Crippen molar-refractivity contribution in [1.29, 1.82) is 0 Å². The normalized spacial score (nSPS) is 10.7. The van der Waals surface area contributed by atoms with Crippen LogP contribution in [0.2, 0.25) is 0 Å². The molecule has 0 fully saturated rings. The number of carbonyl (C=O) groups is 1. The topological polar surface area (TPSA) is 146 Å². The molecule has 0 saturated heterocycles. The van der Waals surface area contributed by atoms with E-state index in [2.05, 4.69) is 9.98 Å². The third kappa shape index (κ3) is 4.20. The van der Waals surface area contributed by atoms with Crippen LogP contribution in [0.1, 0.15) is 31.7 Å². The molecule has 8 N–H and O–H groups in total. The average Bonchev–Trinajstić information content (AvgIpc) is 2.43. The first kappa shape index (κ1) is 16.5. The van der Waals surface area contributed by atoms with Gasteiger partial charge >= 0.3 is 0 Å². The number of guanidine groups is 2. The SMILES string of the molecule is CCCCC(=O)C(N=C(N)N)(N=C(N)N)c1ccccc1. The lowest BCUT2D eigenvalue weighted by atomic mass is 9.92. The minimum atomic E-state index is -1.62. The fourth-order valence-corrected chi connectivity index (χ4v) is 2.00. The summed E-state index contributed by atoms with van der Waals surface area (Å²) in [6.07, 6.45) is 1.84. The summed E-state index contributed by atoms with van der Waals surface area (Å²) in [5.41, 5.74) is 20.8. The summed E-state index contributed by atoms with van der Waals surface area (Å²) in [6.45, 7) is 1.98. The first-order chi connectivity index (χ1) is 9.92. The first-order valence-electron chi connectivity index (χ1n) is 6.72. The molecule has 0 aliphatic carbocycles. The van der Waals surface area contributed by atoms with E-state index in [1.807, 2.05) is 13.0 Å². The van der Waals surface area contributed by atoms with Gasteiger partial charge in [0.1, 0.15) is 0 Å². The molecule has 0 heterocycles. The number of nitrogens with zero attached hydrogens (tertiary/aromatic N) is 2. The highest BCUT2D eigenvalue weighted by Gasteiger charge is 2.39. The third-order valence-corrected chi connectivity index (χ3v) is 2.90. The van der Waals surface area contributed by atoms with Crippen LogP contribution < -0.4 is 22.9 Å². The highest BCUT2D eigenvalue weighted by Crippen LogP contribution is 2.30. The molecule has 0 aromatic heterocycles. The lowest BCUT2D eigenvalue weighted by Crippen LogP contribution is -2.40. The van der Waals surface area contributed by atoms with Crippen molar-refractivity contribution in [3.63, 3.8) is 0 Å². The zero-order valence-corrected chi connectivity index (χ0v) is 12.1.